The smallest absolute Gasteiger partial charge is 0.394 e. The molecular formula is C9H13NO6S. The van der Waals surface area contributed by atoms with E-state index in [0.29, 0.717) is 12.1 Å². The number of ketones is 1. The number of nitrogens with one attached hydrogen (secondary N) is 1. The maximum atomic E-state index is 11.2. The van der Waals surface area contributed by atoms with Gasteiger partial charge < -0.3 is 10.4 Å². The number of phenols is 1. The summed E-state index contributed by atoms with van der Waals surface area (Å²) in [4.78, 5) is 11.2. The van der Waals surface area contributed by atoms with E-state index in [1.165, 1.54) is 12.1 Å². The van der Waals surface area contributed by atoms with E-state index in [2.05, 4.69) is 5.32 Å². The number of likely N-dealkylation sites (N-methyl/N-ethyl adjacent to an activating group) is 1. The van der Waals surface area contributed by atoms with Gasteiger partial charge in [-0.15, -0.1) is 0 Å². The maximum absolute atomic E-state index is 11.2. The predicted molar refractivity (Wildman–Crippen MR) is 60.5 cm³/mol. The second-order valence-corrected chi connectivity index (χ2v) is 3.85. The molecule has 8 heteroatoms. The summed E-state index contributed by atoms with van der Waals surface area (Å²) in [7, 11) is -2.96. The Morgan fingerprint density at radius 3 is 2.29 bits per heavy atom. The van der Waals surface area contributed by atoms with Crippen molar-refractivity contribution in [1.82, 2.24) is 5.32 Å². The summed E-state index contributed by atoms with van der Waals surface area (Å²) in [5.74, 6) is 0.102. The van der Waals surface area contributed by atoms with Crippen LogP contribution in [-0.4, -0.2) is 42.0 Å². The predicted octanol–water partition coefficient (Wildman–Crippen LogP) is 0.142. The third-order valence-electron chi connectivity index (χ3n) is 1.51. The van der Waals surface area contributed by atoms with Crippen molar-refractivity contribution >= 4 is 16.2 Å². The molecule has 0 radical (unpaired) electrons. The average molecular weight is 263 g/mol. The Labute approximate surface area is 98.7 Å². The second kappa shape index (κ2) is 6.97. The van der Waals surface area contributed by atoms with Crippen molar-refractivity contribution in [2.24, 2.45) is 0 Å². The van der Waals surface area contributed by atoms with Crippen LogP contribution in [0.1, 0.15) is 10.4 Å². The molecule has 96 valence electrons. The molecule has 0 unspecified atom stereocenters. The number of rotatable bonds is 3. The van der Waals surface area contributed by atoms with Crippen LogP contribution in [0, 0.1) is 0 Å². The van der Waals surface area contributed by atoms with Crippen LogP contribution in [0.25, 0.3) is 0 Å². The molecule has 0 aliphatic rings. The standard InChI is InChI=1S/C9H11NO2.H2O4S/c1-10-6-9(12)7-3-2-4-8(11)5-7;1-5(2,3)4/h2-5,10-11H,6H2,1H3;(H2,1,2,3,4). The van der Waals surface area contributed by atoms with Gasteiger partial charge in [0.1, 0.15) is 5.75 Å². The van der Waals surface area contributed by atoms with Gasteiger partial charge in [-0.1, -0.05) is 12.1 Å². The molecule has 0 heterocycles. The summed E-state index contributed by atoms with van der Waals surface area (Å²) in [6.45, 7) is 0.295. The first kappa shape index (κ1) is 15.5. The highest BCUT2D eigenvalue weighted by molar-refractivity contribution is 7.79. The fourth-order valence-electron chi connectivity index (χ4n) is 0.942. The highest BCUT2D eigenvalue weighted by atomic mass is 32.3. The monoisotopic (exact) mass is 263 g/mol. The minimum absolute atomic E-state index is 0.0200. The van der Waals surface area contributed by atoms with E-state index in [9.17, 15) is 4.79 Å². The number of phenolic OH excluding ortho intramolecular Hbond substituents is 1. The van der Waals surface area contributed by atoms with Crippen molar-refractivity contribution in [2.45, 2.75) is 0 Å². The molecule has 0 saturated heterocycles. The Morgan fingerprint density at radius 1 is 1.35 bits per heavy atom. The Bertz CT molecular complexity index is 462. The molecular weight excluding hydrogens is 250 g/mol. The molecule has 0 spiro atoms. The lowest BCUT2D eigenvalue weighted by molar-refractivity contribution is 0.0993. The summed E-state index contributed by atoms with van der Waals surface area (Å²) in [6.07, 6.45) is 0. The van der Waals surface area contributed by atoms with Crippen LogP contribution in [0.2, 0.25) is 0 Å². The van der Waals surface area contributed by atoms with Gasteiger partial charge in [0.2, 0.25) is 0 Å². The first-order valence-electron chi connectivity index (χ1n) is 4.40. The SMILES string of the molecule is CNCC(=O)c1cccc(O)c1.O=S(=O)(O)O. The third kappa shape index (κ3) is 9.45. The molecule has 4 N–H and O–H groups in total. The van der Waals surface area contributed by atoms with Crippen LogP contribution in [-0.2, 0) is 10.4 Å². The third-order valence-corrected chi connectivity index (χ3v) is 1.51. The molecule has 0 bridgehead atoms. The zero-order valence-electron chi connectivity index (χ0n) is 8.99. The van der Waals surface area contributed by atoms with Crippen molar-refractivity contribution in [3.63, 3.8) is 0 Å². The van der Waals surface area contributed by atoms with Crippen LogP contribution in [0.5, 0.6) is 5.75 Å². The van der Waals surface area contributed by atoms with E-state index in [-0.39, 0.29) is 11.5 Å². The zero-order chi connectivity index (χ0) is 13.5. The minimum Gasteiger partial charge on any atom is -0.508 e. The molecule has 1 aromatic carbocycles. The molecule has 0 aliphatic heterocycles. The van der Waals surface area contributed by atoms with Crippen molar-refractivity contribution in [2.75, 3.05) is 13.6 Å². The van der Waals surface area contributed by atoms with Gasteiger partial charge in [-0.2, -0.15) is 8.42 Å². The van der Waals surface area contributed by atoms with E-state index in [0.717, 1.165) is 0 Å². The van der Waals surface area contributed by atoms with E-state index in [4.69, 9.17) is 22.6 Å². The van der Waals surface area contributed by atoms with Crippen LogP contribution >= 0.6 is 0 Å². The van der Waals surface area contributed by atoms with Crippen LogP contribution in [0.3, 0.4) is 0 Å². The van der Waals surface area contributed by atoms with Crippen LogP contribution < -0.4 is 5.32 Å². The Hall–Kier alpha value is -1.48. The summed E-state index contributed by atoms with van der Waals surface area (Å²) < 4.78 is 31.6. The van der Waals surface area contributed by atoms with Gasteiger partial charge in [-0.05, 0) is 19.2 Å². The van der Waals surface area contributed by atoms with Gasteiger partial charge in [-0.3, -0.25) is 13.9 Å². The number of carbonyl (C=O) groups is 1. The van der Waals surface area contributed by atoms with Gasteiger partial charge in [0.05, 0.1) is 6.54 Å². The van der Waals surface area contributed by atoms with Crippen molar-refractivity contribution in [3.05, 3.63) is 29.8 Å². The molecule has 1 rings (SSSR count). The topological polar surface area (TPSA) is 124 Å². The van der Waals surface area contributed by atoms with Crippen LogP contribution in [0.4, 0.5) is 0 Å². The summed E-state index contributed by atoms with van der Waals surface area (Å²) in [5.41, 5.74) is 0.532. The zero-order valence-corrected chi connectivity index (χ0v) is 9.81. The maximum Gasteiger partial charge on any atom is 0.394 e. The quantitative estimate of drug-likeness (QED) is 0.451. The van der Waals surface area contributed by atoms with Gasteiger partial charge in [0, 0.05) is 5.56 Å². The number of hydrogen-bond donors (Lipinski definition) is 4. The number of carbonyl (C=O) groups excluding carboxylic acids is 1. The molecule has 0 atom stereocenters. The van der Waals surface area contributed by atoms with Crippen LogP contribution in [0.15, 0.2) is 24.3 Å². The van der Waals surface area contributed by atoms with E-state index < -0.39 is 10.4 Å². The van der Waals surface area contributed by atoms with Gasteiger partial charge in [0.25, 0.3) is 0 Å². The average Bonchev–Trinajstić information content (AvgIpc) is 2.15. The van der Waals surface area contributed by atoms with E-state index in [1.807, 2.05) is 0 Å². The van der Waals surface area contributed by atoms with Crippen molar-refractivity contribution in [3.8, 4) is 5.75 Å². The number of Topliss-reactive ketones (excluding diaryl/α,β-unsaturated/α-hetero) is 1. The van der Waals surface area contributed by atoms with E-state index in [1.54, 1.807) is 19.2 Å². The lowest BCUT2D eigenvalue weighted by atomic mass is 10.1. The lowest BCUT2D eigenvalue weighted by Crippen LogP contribution is -2.18. The van der Waals surface area contributed by atoms with Gasteiger partial charge >= 0.3 is 10.4 Å². The van der Waals surface area contributed by atoms with Crippen molar-refractivity contribution in [1.29, 1.82) is 0 Å². The Balaban J connectivity index is 0.000000437. The lowest BCUT2D eigenvalue weighted by Gasteiger charge is -1.99. The first-order valence-corrected chi connectivity index (χ1v) is 5.80. The molecule has 0 saturated carbocycles. The summed E-state index contributed by atoms with van der Waals surface area (Å²) in [5, 5.41) is 11.8. The van der Waals surface area contributed by atoms with Gasteiger partial charge in [-0.25, -0.2) is 0 Å². The fourth-order valence-corrected chi connectivity index (χ4v) is 0.942. The highest BCUT2D eigenvalue weighted by Crippen LogP contribution is 2.10. The molecule has 7 nitrogen and oxygen atoms in total. The number of aromatic hydroxyl groups is 1. The second-order valence-electron chi connectivity index (χ2n) is 2.95. The molecule has 1 aromatic rings. The minimum atomic E-state index is -4.67. The highest BCUT2D eigenvalue weighted by Gasteiger charge is 2.03. The number of hydrogen-bond acceptors (Lipinski definition) is 5. The largest absolute Gasteiger partial charge is 0.508 e. The number of benzene rings is 1. The Morgan fingerprint density at radius 2 is 1.88 bits per heavy atom. The summed E-state index contributed by atoms with van der Waals surface area (Å²) in [6, 6.07) is 6.33. The molecule has 0 aromatic heterocycles. The van der Waals surface area contributed by atoms with Gasteiger partial charge in [0.15, 0.2) is 5.78 Å². The molecule has 17 heavy (non-hydrogen) atoms. The van der Waals surface area contributed by atoms with E-state index >= 15 is 0 Å². The normalized spacial score (nSPS) is 10.3. The van der Waals surface area contributed by atoms with Crippen molar-refractivity contribution < 1.29 is 27.4 Å². The molecule has 0 amide bonds. The molecule has 0 aliphatic carbocycles. The first-order chi connectivity index (χ1) is 7.74. The molecule has 0 fully saturated rings. The fraction of sp³-hybridized carbons (Fsp3) is 0.222. The Kier molecular flexibility index (Phi) is 6.36. The summed E-state index contributed by atoms with van der Waals surface area (Å²) >= 11 is 0.